The first-order valence-electron chi connectivity index (χ1n) is 11.9. The van der Waals surface area contributed by atoms with E-state index in [4.69, 9.17) is 5.73 Å². The fourth-order valence-electron chi connectivity index (χ4n) is 4.40. The number of nitrogens with one attached hydrogen (secondary N) is 3. The number of benzene rings is 3. The van der Waals surface area contributed by atoms with Crippen LogP contribution in [0.15, 0.2) is 77.8 Å². The lowest BCUT2D eigenvalue weighted by Gasteiger charge is -2.21. The van der Waals surface area contributed by atoms with Gasteiger partial charge in [0.15, 0.2) is 0 Å². The zero-order chi connectivity index (χ0) is 25.1. The summed E-state index contributed by atoms with van der Waals surface area (Å²) >= 11 is 4.54. The summed E-state index contributed by atoms with van der Waals surface area (Å²) in [6.07, 6.45) is 3.62. The first kappa shape index (κ1) is 23.7. The van der Waals surface area contributed by atoms with Crippen molar-refractivity contribution >= 4 is 52.4 Å². The van der Waals surface area contributed by atoms with Crippen LogP contribution in [0.1, 0.15) is 35.6 Å². The van der Waals surface area contributed by atoms with Gasteiger partial charge in [-0.15, -0.1) is 12.6 Å². The third kappa shape index (κ3) is 5.28. The fraction of sp³-hybridized carbons (Fsp3) is 0.179. The molecule has 0 saturated carbocycles. The SMILES string of the molecule is Nc1nccc2cc(N[C@H]3C(=O)NCc4cc(ccc4S)NC(=O)CCCc4ccc3cc4)ccc12. The molecular weight excluding hydrogens is 470 g/mol. The van der Waals surface area contributed by atoms with Crippen LogP contribution in [0, 0.1) is 0 Å². The number of pyridine rings is 1. The highest BCUT2D eigenvalue weighted by Gasteiger charge is 2.21. The standard InChI is InChI=1S/C28H27N5O2S/c29-27-23-10-8-22(14-19(23)12-13-30-27)33-26-18-6-4-17(5-7-18)2-1-3-25(34)32-21-9-11-24(36)20(15-21)16-31-28(26)35/h4-15,26,33,36H,1-3,16H2,(H2,29,30)(H,31,35)(H,32,34)/t26-/m1/s1. The highest BCUT2D eigenvalue weighted by atomic mass is 32.1. The maximum atomic E-state index is 13.5. The first-order valence-corrected chi connectivity index (χ1v) is 12.3. The summed E-state index contributed by atoms with van der Waals surface area (Å²) in [6, 6.07) is 20.5. The van der Waals surface area contributed by atoms with E-state index in [1.54, 1.807) is 6.20 Å². The Hall–Kier alpha value is -4.04. The van der Waals surface area contributed by atoms with Crippen LogP contribution >= 0.6 is 12.6 Å². The van der Waals surface area contributed by atoms with Gasteiger partial charge >= 0.3 is 0 Å². The van der Waals surface area contributed by atoms with Crippen molar-refractivity contribution in [1.29, 1.82) is 0 Å². The number of hydrogen-bond donors (Lipinski definition) is 5. The van der Waals surface area contributed by atoms with Gasteiger partial charge in [-0.25, -0.2) is 4.98 Å². The van der Waals surface area contributed by atoms with Gasteiger partial charge in [0.1, 0.15) is 11.9 Å². The van der Waals surface area contributed by atoms with E-state index < -0.39 is 6.04 Å². The van der Waals surface area contributed by atoms with E-state index in [-0.39, 0.29) is 18.4 Å². The number of fused-ring (bicyclic) bond motifs is 10. The van der Waals surface area contributed by atoms with E-state index in [0.717, 1.165) is 50.9 Å². The number of amides is 2. The fourth-order valence-corrected chi connectivity index (χ4v) is 4.62. The lowest BCUT2D eigenvalue weighted by atomic mass is 10.0. The van der Waals surface area contributed by atoms with Gasteiger partial charge in [-0.1, -0.05) is 24.3 Å². The zero-order valence-electron chi connectivity index (χ0n) is 19.6. The predicted molar refractivity (Wildman–Crippen MR) is 146 cm³/mol. The molecule has 3 heterocycles. The van der Waals surface area contributed by atoms with Gasteiger partial charge in [0.25, 0.3) is 0 Å². The molecule has 0 aliphatic carbocycles. The second-order valence-electron chi connectivity index (χ2n) is 8.91. The largest absolute Gasteiger partial charge is 0.383 e. The minimum Gasteiger partial charge on any atom is -0.383 e. The molecule has 8 heteroatoms. The van der Waals surface area contributed by atoms with Gasteiger partial charge in [0.2, 0.25) is 11.8 Å². The van der Waals surface area contributed by atoms with E-state index in [2.05, 4.69) is 33.6 Å². The number of nitrogens with zero attached hydrogens (tertiary/aromatic N) is 1. The number of aromatic nitrogens is 1. The summed E-state index contributed by atoms with van der Waals surface area (Å²) in [6.45, 7) is 0.275. The van der Waals surface area contributed by atoms with Gasteiger partial charge in [0.05, 0.1) is 0 Å². The van der Waals surface area contributed by atoms with Crippen LogP contribution in [0.2, 0.25) is 0 Å². The molecule has 5 N–H and O–H groups in total. The molecule has 1 atom stereocenters. The minimum absolute atomic E-state index is 0.0298. The molecule has 2 aliphatic rings. The van der Waals surface area contributed by atoms with Gasteiger partial charge in [-0.3, -0.25) is 9.59 Å². The lowest BCUT2D eigenvalue weighted by molar-refractivity contribution is -0.122. The molecule has 0 unspecified atom stereocenters. The Morgan fingerprint density at radius 1 is 0.972 bits per heavy atom. The normalized spacial score (nSPS) is 16.4. The molecule has 4 bridgehead atoms. The number of anilines is 3. The molecule has 36 heavy (non-hydrogen) atoms. The van der Waals surface area contributed by atoms with Crippen molar-refractivity contribution in [3.05, 3.63) is 89.6 Å². The molecule has 6 rings (SSSR count). The van der Waals surface area contributed by atoms with Gasteiger partial charge < -0.3 is 21.7 Å². The second-order valence-corrected chi connectivity index (χ2v) is 9.40. The number of carbonyl (C=O) groups excluding carboxylic acids is 2. The van der Waals surface area contributed by atoms with Crippen molar-refractivity contribution in [3.63, 3.8) is 0 Å². The molecule has 4 aromatic rings. The highest BCUT2D eigenvalue weighted by molar-refractivity contribution is 7.80. The number of carbonyl (C=O) groups is 2. The Morgan fingerprint density at radius 2 is 1.81 bits per heavy atom. The molecular formula is C28H27N5O2S. The van der Waals surface area contributed by atoms with E-state index in [9.17, 15) is 9.59 Å². The van der Waals surface area contributed by atoms with Crippen LogP contribution < -0.4 is 21.7 Å². The Bertz CT molecular complexity index is 1440. The molecule has 0 radical (unpaired) electrons. The predicted octanol–water partition coefficient (Wildman–Crippen LogP) is 4.85. The number of aryl methyl sites for hydroxylation is 1. The summed E-state index contributed by atoms with van der Waals surface area (Å²) < 4.78 is 0. The molecule has 0 saturated heterocycles. The first-order chi connectivity index (χ1) is 17.5. The number of hydrogen-bond acceptors (Lipinski definition) is 6. The average molecular weight is 498 g/mol. The van der Waals surface area contributed by atoms with Crippen molar-refractivity contribution in [2.24, 2.45) is 0 Å². The minimum atomic E-state index is -0.616. The Kier molecular flexibility index (Phi) is 6.77. The summed E-state index contributed by atoms with van der Waals surface area (Å²) in [7, 11) is 0. The summed E-state index contributed by atoms with van der Waals surface area (Å²) in [5, 5.41) is 11.2. The van der Waals surface area contributed by atoms with E-state index in [1.807, 2.05) is 66.7 Å². The second kappa shape index (κ2) is 10.3. The Morgan fingerprint density at radius 3 is 2.64 bits per heavy atom. The van der Waals surface area contributed by atoms with Crippen LogP contribution in [-0.4, -0.2) is 16.8 Å². The quantitative estimate of drug-likeness (QED) is 0.254. The molecule has 0 fully saturated rings. The molecule has 2 amide bonds. The number of nitrogens with two attached hydrogens (primary N) is 1. The smallest absolute Gasteiger partial charge is 0.247 e. The van der Waals surface area contributed by atoms with Gasteiger partial charge in [-0.05, 0) is 77.4 Å². The van der Waals surface area contributed by atoms with Gasteiger partial charge in [-0.2, -0.15) is 0 Å². The van der Waals surface area contributed by atoms with Crippen LogP contribution in [0.3, 0.4) is 0 Å². The monoisotopic (exact) mass is 497 g/mol. The average Bonchev–Trinajstić information content (AvgIpc) is 2.87. The molecule has 182 valence electrons. The van der Waals surface area contributed by atoms with E-state index in [0.29, 0.717) is 17.9 Å². The highest BCUT2D eigenvalue weighted by Crippen LogP contribution is 2.27. The molecule has 0 spiro atoms. The maximum Gasteiger partial charge on any atom is 0.247 e. The number of thiol groups is 1. The van der Waals surface area contributed by atoms with Crippen molar-refractivity contribution in [2.45, 2.75) is 36.7 Å². The van der Waals surface area contributed by atoms with Crippen molar-refractivity contribution in [3.8, 4) is 0 Å². The molecule has 7 nitrogen and oxygen atoms in total. The summed E-state index contributed by atoms with van der Waals surface area (Å²) in [4.78, 5) is 30.7. The van der Waals surface area contributed by atoms with Crippen molar-refractivity contribution in [2.75, 3.05) is 16.4 Å². The third-order valence-electron chi connectivity index (χ3n) is 6.37. The number of nitrogen functional groups attached to an aromatic ring is 1. The van der Waals surface area contributed by atoms with Crippen molar-refractivity contribution < 1.29 is 9.59 Å². The summed E-state index contributed by atoms with van der Waals surface area (Å²) in [5.74, 6) is 0.266. The van der Waals surface area contributed by atoms with Gasteiger partial charge in [0, 0.05) is 40.8 Å². The zero-order valence-corrected chi connectivity index (χ0v) is 20.5. The van der Waals surface area contributed by atoms with E-state index in [1.165, 1.54) is 0 Å². The molecule has 3 aromatic carbocycles. The van der Waals surface area contributed by atoms with Crippen molar-refractivity contribution in [1.82, 2.24) is 10.3 Å². The Labute approximate surface area is 214 Å². The van der Waals surface area contributed by atoms with Crippen LogP contribution in [0.5, 0.6) is 0 Å². The molecule has 2 aliphatic heterocycles. The number of rotatable bonds is 2. The maximum absolute atomic E-state index is 13.5. The van der Waals surface area contributed by atoms with Crippen LogP contribution in [0.4, 0.5) is 17.2 Å². The van der Waals surface area contributed by atoms with E-state index >= 15 is 0 Å². The molecule has 1 aromatic heterocycles. The lowest BCUT2D eigenvalue weighted by Crippen LogP contribution is -2.33. The van der Waals surface area contributed by atoms with Crippen LogP contribution in [0.25, 0.3) is 10.8 Å². The third-order valence-corrected chi connectivity index (χ3v) is 6.80. The van der Waals surface area contributed by atoms with Crippen LogP contribution in [-0.2, 0) is 22.6 Å². The Balaban J connectivity index is 1.47. The topological polar surface area (TPSA) is 109 Å². The summed E-state index contributed by atoms with van der Waals surface area (Å²) in [5.41, 5.74) is 10.3.